The van der Waals surface area contributed by atoms with Crippen molar-refractivity contribution in [1.29, 1.82) is 0 Å². The van der Waals surface area contributed by atoms with Crippen LogP contribution >= 0.6 is 24.7 Å². The van der Waals surface area contributed by atoms with Crippen LogP contribution in [0.3, 0.4) is 0 Å². The molecule has 1 N–H and O–H groups in total. The highest BCUT2D eigenvalue weighted by Crippen LogP contribution is 2.15. The molecule has 1 amide bonds. The predicted octanol–water partition coefficient (Wildman–Crippen LogP) is -0.0740. The number of carbonyl (C=O) groups excluding carboxylic acids is 1. The average Bonchev–Trinajstić information content (AvgIpc) is 2.17. The van der Waals surface area contributed by atoms with Crippen LogP contribution in [0.5, 0.6) is 0 Å². The van der Waals surface area contributed by atoms with Gasteiger partial charge in [-0.1, -0.05) is 11.8 Å². The fraction of sp³-hybridized carbons (Fsp3) is 0.667. The maximum Gasteiger partial charge on any atom is 0.232 e. The first-order chi connectivity index (χ1) is 4.33. The van der Waals surface area contributed by atoms with Gasteiger partial charge >= 0.3 is 0 Å². The van der Waals surface area contributed by atoms with E-state index in [1.54, 1.807) is 0 Å². The highest BCUT2D eigenvalue weighted by molar-refractivity contribution is 8.00. The Hall–Kier alpha value is 0.0900. The third kappa shape index (κ3) is 2.05. The molecule has 1 fully saturated rings. The van der Waals surface area contributed by atoms with Gasteiger partial charge in [-0.05, 0) is 0 Å². The molecule has 0 saturated carbocycles. The fourth-order valence-electron chi connectivity index (χ4n) is 0.457. The lowest BCUT2D eigenvalue weighted by Gasteiger charge is -2.03. The summed E-state index contributed by atoms with van der Waals surface area (Å²) in [6, 6.07) is 0. The summed E-state index contributed by atoms with van der Waals surface area (Å²) >= 11 is 4.66. The van der Waals surface area contributed by atoms with E-state index in [0.29, 0.717) is 5.75 Å². The second-order valence-electron chi connectivity index (χ2n) is 1.38. The maximum atomic E-state index is 10.4. The fourth-order valence-corrected chi connectivity index (χ4v) is 1.30. The van der Waals surface area contributed by atoms with Crippen LogP contribution < -0.4 is 5.32 Å². The molecule has 0 bridgehead atoms. The lowest BCUT2D eigenvalue weighted by Crippen LogP contribution is -2.26. The topological polar surface area (TPSA) is 47.6 Å². The Kier molecular flexibility index (Phi) is 2.65. The highest BCUT2D eigenvalue weighted by Gasteiger charge is 2.22. The van der Waals surface area contributed by atoms with Crippen molar-refractivity contribution >= 4 is 30.6 Å². The number of rotatable bonds is 2. The summed E-state index contributed by atoms with van der Waals surface area (Å²) in [5.74, 6) is 0.373. The van der Waals surface area contributed by atoms with Gasteiger partial charge in [0.25, 0.3) is 0 Å². The van der Waals surface area contributed by atoms with Crippen molar-refractivity contribution in [2.24, 2.45) is 0 Å². The molecular formula is C3H5NO3S2. The molecule has 1 heterocycles. The van der Waals surface area contributed by atoms with Crippen LogP contribution in [0, 0.1) is 0 Å². The minimum Gasteiger partial charge on any atom is -0.319 e. The molecule has 4 nitrogen and oxygen atoms in total. The minimum atomic E-state index is -0.394. The SMILES string of the molecule is O=C1CSC(OOS)N1. The van der Waals surface area contributed by atoms with Crippen molar-refractivity contribution in [3.8, 4) is 0 Å². The molecule has 0 aliphatic carbocycles. The summed E-state index contributed by atoms with van der Waals surface area (Å²) in [5, 5.41) is 2.48. The van der Waals surface area contributed by atoms with Gasteiger partial charge in [0.1, 0.15) is 0 Å². The number of nitrogens with one attached hydrogen (secondary N) is 1. The molecule has 0 aromatic rings. The number of thiol groups is 1. The zero-order chi connectivity index (χ0) is 6.69. The summed E-state index contributed by atoms with van der Waals surface area (Å²) in [5.41, 5.74) is -0.394. The van der Waals surface area contributed by atoms with E-state index in [9.17, 15) is 4.79 Å². The first-order valence-corrected chi connectivity index (χ1v) is 3.62. The van der Waals surface area contributed by atoms with Crippen LogP contribution in [-0.4, -0.2) is 17.2 Å². The van der Waals surface area contributed by atoms with Crippen molar-refractivity contribution in [2.45, 2.75) is 5.56 Å². The normalized spacial score (nSPS) is 26.3. The van der Waals surface area contributed by atoms with E-state index in [4.69, 9.17) is 0 Å². The molecule has 6 heteroatoms. The maximum absolute atomic E-state index is 10.4. The zero-order valence-electron chi connectivity index (χ0n) is 4.36. The lowest BCUT2D eigenvalue weighted by atomic mass is 10.7. The van der Waals surface area contributed by atoms with Crippen molar-refractivity contribution < 1.29 is 14.0 Å². The summed E-state index contributed by atoms with van der Waals surface area (Å²) in [7, 11) is 0. The molecule has 9 heavy (non-hydrogen) atoms. The van der Waals surface area contributed by atoms with Gasteiger partial charge in [0.15, 0.2) is 0 Å². The standard InChI is InChI=1S/C3H5NO3S2/c5-2-1-9-3(4-2)6-7-8/h3,8H,1H2,(H,4,5). The second-order valence-corrected chi connectivity index (χ2v) is 2.58. The Morgan fingerprint density at radius 3 is 3.11 bits per heavy atom. The van der Waals surface area contributed by atoms with Gasteiger partial charge in [0.2, 0.25) is 11.5 Å². The third-order valence-electron chi connectivity index (χ3n) is 0.775. The van der Waals surface area contributed by atoms with E-state index < -0.39 is 5.56 Å². The Morgan fingerprint density at radius 2 is 2.67 bits per heavy atom. The first kappa shape index (κ1) is 7.20. The Morgan fingerprint density at radius 1 is 1.89 bits per heavy atom. The van der Waals surface area contributed by atoms with Gasteiger partial charge in [-0.2, -0.15) is 9.22 Å². The van der Waals surface area contributed by atoms with E-state index in [-0.39, 0.29) is 5.91 Å². The average molecular weight is 167 g/mol. The summed E-state index contributed by atoms with van der Waals surface area (Å²) in [6.07, 6.45) is 0. The molecular weight excluding hydrogens is 162 g/mol. The molecule has 1 saturated heterocycles. The van der Waals surface area contributed by atoms with E-state index in [1.165, 1.54) is 11.8 Å². The molecule has 1 aliphatic rings. The zero-order valence-corrected chi connectivity index (χ0v) is 6.08. The number of carbonyl (C=O) groups is 1. The lowest BCUT2D eigenvalue weighted by molar-refractivity contribution is -0.206. The number of hydrogen-bond donors (Lipinski definition) is 2. The summed E-state index contributed by atoms with van der Waals surface area (Å²) in [4.78, 5) is 14.9. The van der Waals surface area contributed by atoms with Crippen LogP contribution in [0.15, 0.2) is 0 Å². The molecule has 1 atom stereocenters. The molecule has 52 valence electrons. The quantitative estimate of drug-likeness (QED) is 0.261. The molecule has 0 radical (unpaired) electrons. The van der Waals surface area contributed by atoms with Crippen LogP contribution in [-0.2, 0) is 14.0 Å². The van der Waals surface area contributed by atoms with E-state index >= 15 is 0 Å². The van der Waals surface area contributed by atoms with Gasteiger partial charge in [-0.3, -0.25) is 4.79 Å². The minimum absolute atomic E-state index is 0.0459. The molecule has 0 aromatic carbocycles. The molecule has 1 aliphatic heterocycles. The Bertz CT molecular complexity index is 120. The smallest absolute Gasteiger partial charge is 0.232 e. The van der Waals surface area contributed by atoms with Gasteiger partial charge in [-0.25, -0.2) is 0 Å². The monoisotopic (exact) mass is 167 g/mol. The molecule has 1 unspecified atom stereocenters. The van der Waals surface area contributed by atoms with E-state index in [1.807, 2.05) is 0 Å². The van der Waals surface area contributed by atoms with Crippen LogP contribution in [0.1, 0.15) is 0 Å². The number of amides is 1. The third-order valence-corrected chi connectivity index (χ3v) is 1.79. The first-order valence-electron chi connectivity index (χ1n) is 2.21. The Labute approximate surface area is 61.8 Å². The van der Waals surface area contributed by atoms with Crippen LogP contribution in [0.2, 0.25) is 0 Å². The predicted molar refractivity (Wildman–Crippen MR) is 35.5 cm³/mol. The van der Waals surface area contributed by atoms with Crippen LogP contribution in [0.25, 0.3) is 0 Å². The van der Waals surface area contributed by atoms with Crippen LogP contribution in [0.4, 0.5) is 0 Å². The van der Waals surface area contributed by atoms with Crippen molar-refractivity contribution in [3.63, 3.8) is 0 Å². The molecule has 0 aromatic heterocycles. The summed E-state index contributed by atoms with van der Waals surface area (Å²) < 4.78 is 4.03. The van der Waals surface area contributed by atoms with E-state index in [0.717, 1.165) is 0 Å². The van der Waals surface area contributed by atoms with Crippen molar-refractivity contribution in [3.05, 3.63) is 0 Å². The second kappa shape index (κ2) is 3.31. The van der Waals surface area contributed by atoms with Gasteiger partial charge in [-0.15, -0.1) is 0 Å². The largest absolute Gasteiger partial charge is 0.319 e. The summed E-state index contributed by atoms with van der Waals surface area (Å²) in [6.45, 7) is 0. The van der Waals surface area contributed by atoms with Gasteiger partial charge < -0.3 is 5.32 Å². The van der Waals surface area contributed by atoms with Crippen molar-refractivity contribution in [2.75, 3.05) is 5.75 Å². The van der Waals surface area contributed by atoms with Gasteiger partial charge in [0, 0.05) is 12.9 Å². The van der Waals surface area contributed by atoms with E-state index in [2.05, 4.69) is 27.4 Å². The molecule has 0 spiro atoms. The number of thioether (sulfide) groups is 1. The van der Waals surface area contributed by atoms with Gasteiger partial charge in [0.05, 0.1) is 5.75 Å². The Balaban J connectivity index is 2.22. The number of hydrogen-bond acceptors (Lipinski definition) is 5. The van der Waals surface area contributed by atoms with Crippen molar-refractivity contribution in [1.82, 2.24) is 5.32 Å². The highest BCUT2D eigenvalue weighted by atomic mass is 32.2. The molecule has 1 rings (SSSR count).